The van der Waals surface area contributed by atoms with Crippen molar-refractivity contribution in [1.82, 2.24) is 4.90 Å². The van der Waals surface area contributed by atoms with Crippen LogP contribution >= 0.6 is 11.3 Å². The van der Waals surface area contributed by atoms with E-state index >= 15 is 0 Å². The number of aryl methyl sites for hydroxylation is 1. The monoisotopic (exact) mass is 301 g/mol. The third kappa shape index (κ3) is 2.88. The molecule has 3 rings (SSSR count). The van der Waals surface area contributed by atoms with Gasteiger partial charge in [-0.05, 0) is 36.1 Å². The number of anilines is 2. The zero-order chi connectivity index (χ0) is 14.8. The fourth-order valence-electron chi connectivity index (χ4n) is 2.67. The lowest BCUT2D eigenvalue weighted by molar-refractivity contribution is 0.0751. The molecule has 1 aliphatic rings. The maximum absolute atomic E-state index is 12.3. The molecular formula is C16H19N3OS. The van der Waals surface area contributed by atoms with Gasteiger partial charge in [-0.2, -0.15) is 0 Å². The summed E-state index contributed by atoms with van der Waals surface area (Å²) < 4.78 is 0. The largest absolute Gasteiger partial charge is 0.399 e. The third-order valence-electron chi connectivity index (χ3n) is 3.87. The summed E-state index contributed by atoms with van der Waals surface area (Å²) in [4.78, 5) is 17.4. The van der Waals surface area contributed by atoms with Gasteiger partial charge in [0.15, 0.2) is 0 Å². The van der Waals surface area contributed by atoms with Crippen LogP contribution in [0.15, 0.2) is 35.7 Å². The Hall–Kier alpha value is -2.01. The molecule has 0 spiro atoms. The van der Waals surface area contributed by atoms with Crippen molar-refractivity contribution in [3.05, 3.63) is 46.2 Å². The van der Waals surface area contributed by atoms with Crippen molar-refractivity contribution in [3.63, 3.8) is 0 Å². The molecule has 0 radical (unpaired) electrons. The maximum Gasteiger partial charge on any atom is 0.264 e. The highest BCUT2D eigenvalue weighted by atomic mass is 32.1. The van der Waals surface area contributed by atoms with Crippen molar-refractivity contribution in [2.24, 2.45) is 0 Å². The number of amides is 1. The van der Waals surface area contributed by atoms with E-state index in [4.69, 9.17) is 5.73 Å². The van der Waals surface area contributed by atoms with Gasteiger partial charge >= 0.3 is 0 Å². The van der Waals surface area contributed by atoms with Crippen LogP contribution in [-0.4, -0.2) is 37.0 Å². The Balaban J connectivity index is 1.68. The van der Waals surface area contributed by atoms with Gasteiger partial charge in [0.1, 0.15) is 0 Å². The maximum atomic E-state index is 12.3. The highest BCUT2D eigenvalue weighted by molar-refractivity contribution is 7.12. The molecule has 2 heterocycles. The zero-order valence-electron chi connectivity index (χ0n) is 12.1. The summed E-state index contributed by atoms with van der Waals surface area (Å²) in [6, 6.07) is 9.81. The van der Waals surface area contributed by atoms with Crippen molar-refractivity contribution >= 4 is 28.6 Å². The number of nitrogen functional groups attached to an aromatic ring is 1. The smallest absolute Gasteiger partial charge is 0.264 e. The quantitative estimate of drug-likeness (QED) is 0.868. The molecule has 0 aliphatic carbocycles. The van der Waals surface area contributed by atoms with Gasteiger partial charge in [-0.1, -0.05) is 12.1 Å². The summed E-state index contributed by atoms with van der Waals surface area (Å²) in [5.74, 6) is 0.147. The van der Waals surface area contributed by atoms with E-state index in [1.165, 1.54) is 22.6 Å². The van der Waals surface area contributed by atoms with Gasteiger partial charge < -0.3 is 15.5 Å². The van der Waals surface area contributed by atoms with Gasteiger partial charge in [0, 0.05) is 37.6 Å². The molecule has 1 saturated heterocycles. The Kier molecular flexibility index (Phi) is 3.84. The second-order valence-electron chi connectivity index (χ2n) is 5.30. The van der Waals surface area contributed by atoms with E-state index in [0.717, 1.165) is 36.7 Å². The van der Waals surface area contributed by atoms with Gasteiger partial charge in [0.25, 0.3) is 5.91 Å². The van der Waals surface area contributed by atoms with Crippen LogP contribution in [0.1, 0.15) is 15.2 Å². The predicted octanol–water partition coefficient (Wildman–Crippen LogP) is 2.60. The number of carbonyl (C=O) groups excluding carboxylic acids is 1. The summed E-state index contributed by atoms with van der Waals surface area (Å²) >= 11 is 1.50. The molecule has 1 aromatic heterocycles. The molecule has 0 unspecified atom stereocenters. The van der Waals surface area contributed by atoms with E-state index in [1.807, 2.05) is 40.6 Å². The molecule has 0 bridgehead atoms. The minimum absolute atomic E-state index is 0.147. The van der Waals surface area contributed by atoms with Gasteiger partial charge in [-0.15, -0.1) is 11.3 Å². The minimum Gasteiger partial charge on any atom is -0.399 e. The topological polar surface area (TPSA) is 49.6 Å². The van der Waals surface area contributed by atoms with Crippen LogP contribution in [-0.2, 0) is 0 Å². The Morgan fingerprint density at radius 1 is 1.19 bits per heavy atom. The van der Waals surface area contributed by atoms with Gasteiger partial charge in [0.2, 0.25) is 0 Å². The molecule has 110 valence electrons. The lowest BCUT2D eigenvalue weighted by Gasteiger charge is -2.36. The van der Waals surface area contributed by atoms with Crippen molar-refractivity contribution in [2.45, 2.75) is 6.92 Å². The van der Waals surface area contributed by atoms with Crippen molar-refractivity contribution in [2.75, 3.05) is 36.8 Å². The first-order valence-corrected chi connectivity index (χ1v) is 7.97. The number of carbonyl (C=O) groups is 1. The first-order chi connectivity index (χ1) is 10.1. The highest BCUT2D eigenvalue weighted by Crippen LogP contribution is 2.24. The van der Waals surface area contributed by atoms with E-state index in [0.29, 0.717) is 0 Å². The Morgan fingerprint density at radius 3 is 2.62 bits per heavy atom. The standard InChI is InChI=1S/C16H19N3OS/c1-12-4-5-13(17)11-14(12)18-6-8-19(9-7-18)16(20)15-3-2-10-21-15/h2-5,10-11H,6-9,17H2,1H3. The van der Waals surface area contributed by atoms with Crippen molar-refractivity contribution in [3.8, 4) is 0 Å². The van der Waals surface area contributed by atoms with Crippen LogP contribution in [0.25, 0.3) is 0 Å². The summed E-state index contributed by atoms with van der Waals surface area (Å²) in [5.41, 5.74) is 9.07. The first-order valence-electron chi connectivity index (χ1n) is 7.09. The number of rotatable bonds is 2. The molecule has 4 nitrogen and oxygen atoms in total. The molecule has 5 heteroatoms. The molecule has 2 aromatic rings. The van der Waals surface area contributed by atoms with Crippen molar-refractivity contribution < 1.29 is 4.79 Å². The van der Waals surface area contributed by atoms with Crippen LogP contribution in [0, 0.1) is 6.92 Å². The van der Waals surface area contributed by atoms with Crippen LogP contribution in [0.5, 0.6) is 0 Å². The Bertz CT molecular complexity index is 631. The number of benzene rings is 1. The molecule has 21 heavy (non-hydrogen) atoms. The second kappa shape index (κ2) is 5.77. The van der Waals surface area contributed by atoms with E-state index in [1.54, 1.807) is 0 Å². The van der Waals surface area contributed by atoms with Crippen LogP contribution in [0.4, 0.5) is 11.4 Å². The lowest BCUT2D eigenvalue weighted by Crippen LogP contribution is -2.48. The Morgan fingerprint density at radius 2 is 1.95 bits per heavy atom. The molecule has 1 fully saturated rings. The number of thiophene rings is 1. The van der Waals surface area contributed by atoms with Gasteiger partial charge in [-0.3, -0.25) is 4.79 Å². The molecular weight excluding hydrogens is 282 g/mol. The lowest BCUT2D eigenvalue weighted by atomic mass is 10.1. The van der Waals surface area contributed by atoms with Crippen LogP contribution < -0.4 is 10.6 Å². The molecule has 2 N–H and O–H groups in total. The van der Waals surface area contributed by atoms with Gasteiger partial charge in [-0.25, -0.2) is 0 Å². The first kappa shape index (κ1) is 13.9. The highest BCUT2D eigenvalue weighted by Gasteiger charge is 2.23. The molecule has 1 aliphatic heterocycles. The average Bonchev–Trinajstić information content (AvgIpc) is 3.03. The van der Waals surface area contributed by atoms with Gasteiger partial charge in [0.05, 0.1) is 4.88 Å². The van der Waals surface area contributed by atoms with E-state index < -0.39 is 0 Å². The number of hydrogen-bond acceptors (Lipinski definition) is 4. The van der Waals surface area contributed by atoms with E-state index in [2.05, 4.69) is 11.8 Å². The summed E-state index contributed by atoms with van der Waals surface area (Å²) in [5, 5.41) is 1.94. The normalized spacial score (nSPS) is 15.3. The fraction of sp³-hybridized carbons (Fsp3) is 0.312. The number of nitrogens with two attached hydrogens (primary N) is 1. The van der Waals surface area contributed by atoms with Crippen molar-refractivity contribution in [1.29, 1.82) is 0 Å². The number of hydrogen-bond donors (Lipinski definition) is 1. The minimum atomic E-state index is 0.147. The fourth-order valence-corrected chi connectivity index (χ4v) is 3.36. The summed E-state index contributed by atoms with van der Waals surface area (Å²) in [7, 11) is 0. The molecule has 1 aromatic carbocycles. The zero-order valence-corrected chi connectivity index (χ0v) is 12.9. The van der Waals surface area contributed by atoms with E-state index in [9.17, 15) is 4.79 Å². The number of piperazine rings is 1. The number of nitrogens with zero attached hydrogens (tertiary/aromatic N) is 2. The third-order valence-corrected chi connectivity index (χ3v) is 4.73. The predicted molar refractivity (Wildman–Crippen MR) is 88.0 cm³/mol. The molecule has 0 saturated carbocycles. The average molecular weight is 301 g/mol. The van der Waals surface area contributed by atoms with Crippen LogP contribution in [0.3, 0.4) is 0 Å². The Labute approximate surface area is 128 Å². The second-order valence-corrected chi connectivity index (χ2v) is 6.25. The molecule has 0 atom stereocenters. The van der Waals surface area contributed by atoms with Crippen LogP contribution in [0.2, 0.25) is 0 Å². The SMILES string of the molecule is Cc1ccc(N)cc1N1CCN(C(=O)c2cccs2)CC1. The molecule has 1 amide bonds. The summed E-state index contributed by atoms with van der Waals surface area (Å²) in [6.45, 7) is 5.30. The van der Waals surface area contributed by atoms with E-state index in [-0.39, 0.29) is 5.91 Å². The summed E-state index contributed by atoms with van der Waals surface area (Å²) in [6.07, 6.45) is 0.